The van der Waals surface area contributed by atoms with E-state index >= 15 is 0 Å². The van der Waals surface area contributed by atoms with Crippen molar-refractivity contribution in [1.82, 2.24) is 5.32 Å². The van der Waals surface area contributed by atoms with Crippen LogP contribution in [-0.2, 0) is 4.79 Å². The molecule has 4 N–H and O–H groups in total. The van der Waals surface area contributed by atoms with E-state index in [1.165, 1.54) is 6.92 Å². The van der Waals surface area contributed by atoms with E-state index in [0.29, 0.717) is 5.70 Å². The predicted molar refractivity (Wildman–Crippen MR) is 79.0 cm³/mol. The van der Waals surface area contributed by atoms with Crippen LogP contribution >= 0.6 is 0 Å². The molecule has 0 aromatic carbocycles. The van der Waals surface area contributed by atoms with E-state index in [0.717, 1.165) is 6.08 Å². The predicted octanol–water partition coefficient (Wildman–Crippen LogP) is 3.09. The molecule has 20 heavy (non-hydrogen) atoms. The number of nitrogens with one attached hydrogen (secondary N) is 1. The molecule has 0 rings (SSSR count). The van der Waals surface area contributed by atoms with Gasteiger partial charge in [0.25, 0.3) is 5.91 Å². The van der Waals surface area contributed by atoms with Crippen molar-refractivity contribution >= 4 is 5.91 Å². The highest BCUT2D eigenvalue weighted by molar-refractivity contribution is 5.98. The fraction of sp³-hybridized carbons (Fsp3) is 0.133. The second-order valence-electron chi connectivity index (χ2n) is 3.69. The Morgan fingerprint density at radius 2 is 1.75 bits per heavy atom. The lowest BCUT2D eigenvalue weighted by molar-refractivity contribution is -0.116. The van der Waals surface area contributed by atoms with Crippen molar-refractivity contribution in [2.75, 3.05) is 0 Å². The van der Waals surface area contributed by atoms with Crippen LogP contribution in [0.25, 0.3) is 0 Å². The zero-order valence-corrected chi connectivity index (χ0v) is 11.6. The lowest BCUT2D eigenvalue weighted by Gasteiger charge is -2.09. The average Bonchev–Trinajstić information content (AvgIpc) is 2.42. The van der Waals surface area contributed by atoms with Crippen LogP contribution < -0.4 is 5.32 Å². The first-order valence-corrected chi connectivity index (χ1v) is 5.80. The smallest absolute Gasteiger partial charge is 0.259 e. The molecule has 5 nitrogen and oxygen atoms in total. The van der Waals surface area contributed by atoms with Crippen LogP contribution in [-0.4, -0.2) is 21.2 Å². The SMILES string of the molecule is C=C/C=C\C(=C/C)NC(=O)/C(C=C)=C(O)/C(O)=C(\C)O. The first-order valence-electron chi connectivity index (χ1n) is 5.80. The van der Waals surface area contributed by atoms with E-state index in [1.807, 2.05) is 0 Å². The number of allylic oxidation sites excluding steroid dienone is 5. The molecule has 0 aliphatic rings. The maximum Gasteiger partial charge on any atom is 0.259 e. The summed E-state index contributed by atoms with van der Waals surface area (Å²) in [7, 11) is 0. The van der Waals surface area contributed by atoms with Crippen molar-refractivity contribution in [3.8, 4) is 0 Å². The fourth-order valence-corrected chi connectivity index (χ4v) is 1.18. The second-order valence-corrected chi connectivity index (χ2v) is 3.69. The van der Waals surface area contributed by atoms with Gasteiger partial charge in [-0.25, -0.2) is 0 Å². The summed E-state index contributed by atoms with van der Waals surface area (Å²) >= 11 is 0. The van der Waals surface area contributed by atoms with Gasteiger partial charge in [0.15, 0.2) is 11.5 Å². The van der Waals surface area contributed by atoms with Crippen molar-refractivity contribution in [1.29, 1.82) is 0 Å². The summed E-state index contributed by atoms with van der Waals surface area (Å²) in [6, 6.07) is 0. The molecule has 0 aliphatic carbocycles. The van der Waals surface area contributed by atoms with Gasteiger partial charge < -0.3 is 20.6 Å². The number of carbonyl (C=O) groups excluding carboxylic acids is 1. The molecule has 0 spiro atoms. The van der Waals surface area contributed by atoms with Gasteiger partial charge in [0.05, 0.1) is 5.57 Å². The topological polar surface area (TPSA) is 89.8 Å². The number of hydrogen-bond acceptors (Lipinski definition) is 4. The zero-order chi connectivity index (χ0) is 15.7. The van der Waals surface area contributed by atoms with Gasteiger partial charge in [0, 0.05) is 5.70 Å². The molecule has 0 bridgehead atoms. The normalized spacial score (nSPS) is 14.4. The monoisotopic (exact) mass is 277 g/mol. The Kier molecular flexibility index (Phi) is 7.29. The third kappa shape index (κ3) is 4.89. The van der Waals surface area contributed by atoms with Gasteiger partial charge in [-0.15, -0.1) is 0 Å². The fourth-order valence-electron chi connectivity index (χ4n) is 1.18. The molecular formula is C15H19NO4. The number of aliphatic hydroxyl groups excluding tert-OH is 3. The molecule has 0 atom stereocenters. The van der Waals surface area contributed by atoms with Crippen LogP contribution in [0.15, 0.2) is 72.1 Å². The van der Waals surface area contributed by atoms with Crippen LogP contribution in [0.1, 0.15) is 13.8 Å². The molecule has 108 valence electrons. The van der Waals surface area contributed by atoms with Crippen LogP contribution in [0.5, 0.6) is 0 Å². The molecule has 0 saturated heterocycles. The lowest BCUT2D eigenvalue weighted by Crippen LogP contribution is -2.24. The summed E-state index contributed by atoms with van der Waals surface area (Å²) in [6.07, 6.45) is 7.50. The molecule has 0 aromatic heterocycles. The average molecular weight is 277 g/mol. The van der Waals surface area contributed by atoms with Crippen molar-refractivity contribution in [2.24, 2.45) is 0 Å². The minimum Gasteiger partial charge on any atom is -0.509 e. The summed E-state index contributed by atoms with van der Waals surface area (Å²) < 4.78 is 0. The number of aliphatic hydroxyl groups is 3. The maximum atomic E-state index is 12.0. The maximum absolute atomic E-state index is 12.0. The number of rotatable bonds is 6. The molecule has 0 unspecified atom stereocenters. The number of amides is 1. The Morgan fingerprint density at radius 1 is 1.15 bits per heavy atom. The lowest BCUT2D eigenvalue weighted by atomic mass is 10.1. The molecular weight excluding hydrogens is 258 g/mol. The zero-order valence-electron chi connectivity index (χ0n) is 11.6. The molecule has 0 aliphatic heterocycles. The summed E-state index contributed by atoms with van der Waals surface area (Å²) in [5.41, 5.74) is 0.216. The summed E-state index contributed by atoms with van der Waals surface area (Å²) in [5.74, 6) is -2.71. The van der Waals surface area contributed by atoms with Gasteiger partial charge in [-0.3, -0.25) is 4.79 Å². The summed E-state index contributed by atoms with van der Waals surface area (Å²) in [5, 5.41) is 30.7. The van der Waals surface area contributed by atoms with E-state index in [1.54, 1.807) is 31.2 Å². The molecule has 0 heterocycles. The minimum absolute atomic E-state index is 0.262. The largest absolute Gasteiger partial charge is 0.509 e. The van der Waals surface area contributed by atoms with Gasteiger partial charge in [-0.1, -0.05) is 37.5 Å². The summed E-state index contributed by atoms with van der Waals surface area (Å²) in [6.45, 7) is 9.79. The third-order valence-corrected chi connectivity index (χ3v) is 2.25. The van der Waals surface area contributed by atoms with Crippen molar-refractivity contribution in [3.05, 3.63) is 72.1 Å². The minimum atomic E-state index is -0.779. The van der Waals surface area contributed by atoms with Crippen LogP contribution in [0.2, 0.25) is 0 Å². The van der Waals surface area contributed by atoms with E-state index in [2.05, 4.69) is 18.5 Å². The summed E-state index contributed by atoms with van der Waals surface area (Å²) in [4.78, 5) is 12.0. The molecule has 5 heteroatoms. The van der Waals surface area contributed by atoms with Gasteiger partial charge in [-0.05, 0) is 19.9 Å². The highest BCUT2D eigenvalue weighted by Crippen LogP contribution is 2.14. The highest BCUT2D eigenvalue weighted by atomic mass is 16.3. The van der Waals surface area contributed by atoms with Crippen LogP contribution in [0.4, 0.5) is 0 Å². The number of carbonyl (C=O) groups is 1. The van der Waals surface area contributed by atoms with Crippen molar-refractivity contribution in [3.63, 3.8) is 0 Å². The van der Waals surface area contributed by atoms with E-state index in [9.17, 15) is 15.0 Å². The Morgan fingerprint density at radius 3 is 2.15 bits per heavy atom. The number of hydrogen-bond donors (Lipinski definition) is 4. The third-order valence-electron chi connectivity index (χ3n) is 2.25. The Balaban J connectivity index is 5.40. The standard InChI is InChI=1S/C15H19NO4/c1-5-8-9-11(6-2)16-15(20)12(7-3)14(19)13(18)10(4)17/h5-9,17-19H,1,3H2,2,4H3,(H,16,20)/b9-8-,11-6+,13-10-,14-12-. The molecule has 1 amide bonds. The first-order chi connectivity index (χ1) is 9.38. The van der Waals surface area contributed by atoms with Crippen LogP contribution in [0.3, 0.4) is 0 Å². The van der Waals surface area contributed by atoms with Crippen molar-refractivity contribution in [2.45, 2.75) is 13.8 Å². The Hall–Kier alpha value is -2.69. The molecule has 0 saturated carbocycles. The van der Waals surface area contributed by atoms with E-state index in [-0.39, 0.29) is 5.57 Å². The second kappa shape index (κ2) is 8.42. The van der Waals surface area contributed by atoms with Gasteiger partial charge in [-0.2, -0.15) is 0 Å². The van der Waals surface area contributed by atoms with E-state index in [4.69, 9.17) is 5.11 Å². The van der Waals surface area contributed by atoms with Crippen LogP contribution in [0, 0.1) is 0 Å². The van der Waals surface area contributed by atoms with Gasteiger partial charge in [0.2, 0.25) is 0 Å². The van der Waals surface area contributed by atoms with Gasteiger partial charge >= 0.3 is 0 Å². The van der Waals surface area contributed by atoms with Gasteiger partial charge in [0.1, 0.15) is 5.76 Å². The molecule has 0 fully saturated rings. The molecule has 0 radical (unpaired) electrons. The Labute approximate surface area is 118 Å². The Bertz CT molecular complexity index is 518. The molecule has 0 aromatic rings. The first kappa shape index (κ1) is 17.3. The highest BCUT2D eigenvalue weighted by Gasteiger charge is 2.17. The van der Waals surface area contributed by atoms with E-state index < -0.39 is 23.2 Å². The van der Waals surface area contributed by atoms with Crippen molar-refractivity contribution < 1.29 is 20.1 Å². The quantitative estimate of drug-likeness (QED) is 0.341.